The highest BCUT2D eigenvalue weighted by molar-refractivity contribution is 8.19. The first-order valence-corrected chi connectivity index (χ1v) is 13.9. The number of nitrogens with one attached hydrogen (secondary N) is 2. The van der Waals surface area contributed by atoms with Crippen LogP contribution in [0.15, 0.2) is 76.5 Å². The van der Waals surface area contributed by atoms with E-state index in [0.29, 0.717) is 5.69 Å². The van der Waals surface area contributed by atoms with E-state index in [1.54, 1.807) is 0 Å². The van der Waals surface area contributed by atoms with Crippen molar-refractivity contribution in [3.63, 3.8) is 0 Å². The Morgan fingerprint density at radius 2 is 1.34 bits per heavy atom. The Labute approximate surface area is 221 Å². The molecule has 0 aliphatic heterocycles. The van der Waals surface area contributed by atoms with Crippen LogP contribution in [0.4, 0.5) is 23.3 Å². The Balaban J connectivity index is 1.60. The van der Waals surface area contributed by atoms with Crippen LogP contribution >= 0.6 is 22.5 Å². The Bertz CT molecular complexity index is 1830. The standard InChI is InChI=1S/C23H18ClN5O7S2/c24-21-27-22(25-17-7-3-5-12-4-1-2-6-16(12)17)29-23(28-21)26-18-10-14(37(31,32)33)8-13-9-15(38(34,35)36)11-19(30)20(13)18/h1-11,30,34-36H,(H,31,32,33)(H2,25,26,27,28,29). The van der Waals surface area contributed by atoms with Gasteiger partial charge >= 0.3 is 0 Å². The number of hydrogen-bond acceptors (Lipinski definition) is 11. The number of aromatic nitrogens is 3. The minimum absolute atomic E-state index is 0.00453. The van der Waals surface area contributed by atoms with Crippen LogP contribution in [0.5, 0.6) is 5.75 Å². The summed E-state index contributed by atoms with van der Waals surface area (Å²) >= 11 is 6.12. The number of aromatic hydroxyl groups is 1. The average Bonchev–Trinajstić information content (AvgIpc) is 2.82. The highest BCUT2D eigenvalue weighted by Gasteiger charge is 2.22. The van der Waals surface area contributed by atoms with Gasteiger partial charge in [0.25, 0.3) is 10.1 Å². The van der Waals surface area contributed by atoms with Crippen molar-refractivity contribution in [1.29, 1.82) is 0 Å². The molecule has 0 atom stereocenters. The summed E-state index contributed by atoms with van der Waals surface area (Å²) in [6, 6.07) is 17.2. The number of benzene rings is 4. The first-order valence-electron chi connectivity index (χ1n) is 10.6. The van der Waals surface area contributed by atoms with Crippen molar-refractivity contribution in [3.05, 3.63) is 72.0 Å². The topological polar surface area (TPSA) is 198 Å². The van der Waals surface area contributed by atoms with E-state index in [-0.39, 0.29) is 33.6 Å². The van der Waals surface area contributed by atoms with Gasteiger partial charge < -0.3 is 29.4 Å². The third kappa shape index (κ3) is 5.27. The summed E-state index contributed by atoms with van der Waals surface area (Å²) in [4.78, 5) is 11.3. The molecule has 12 nitrogen and oxygen atoms in total. The molecular weight excluding hydrogens is 558 g/mol. The molecule has 0 bridgehead atoms. The number of nitrogens with zero attached hydrogens (tertiary/aromatic N) is 3. The number of phenols is 1. The molecule has 0 saturated carbocycles. The predicted molar refractivity (Wildman–Crippen MR) is 145 cm³/mol. The lowest BCUT2D eigenvalue weighted by molar-refractivity contribution is 0.375. The van der Waals surface area contributed by atoms with Gasteiger partial charge in [0, 0.05) is 16.5 Å². The van der Waals surface area contributed by atoms with Crippen molar-refractivity contribution in [1.82, 2.24) is 15.0 Å². The molecule has 4 aromatic carbocycles. The molecule has 0 amide bonds. The normalized spacial score (nSPS) is 12.6. The Morgan fingerprint density at radius 3 is 2.03 bits per heavy atom. The second-order valence-corrected chi connectivity index (χ2v) is 11.3. The molecule has 5 rings (SSSR count). The van der Waals surface area contributed by atoms with Crippen molar-refractivity contribution >= 4 is 77.4 Å². The zero-order valence-electron chi connectivity index (χ0n) is 18.9. The third-order valence-corrected chi connectivity index (χ3v) is 7.35. The molecule has 0 spiro atoms. The quantitative estimate of drug-likeness (QED) is 0.119. The molecule has 38 heavy (non-hydrogen) atoms. The zero-order chi connectivity index (χ0) is 27.2. The first kappa shape index (κ1) is 25.9. The third-order valence-electron chi connectivity index (χ3n) is 5.48. The van der Waals surface area contributed by atoms with E-state index in [2.05, 4.69) is 25.6 Å². The van der Waals surface area contributed by atoms with Crippen LogP contribution in [0.25, 0.3) is 21.5 Å². The van der Waals surface area contributed by atoms with Gasteiger partial charge in [0.1, 0.15) is 16.6 Å². The lowest BCUT2D eigenvalue weighted by atomic mass is 10.1. The summed E-state index contributed by atoms with van der Waals surface area (Å²) in [5, 5.41) is 18.0. The molecule has 0 aliphatic carbocycles. The SMILES string of the molecule is O=S(=O)(O)c1cc(Nc2nc(Cl)nc(Nc3cccc4ccccc34)n2)c2c(O)cc(S(O)(O)O)cc2c1. The van der Waals surface area contributed by atoms with E-state index in [1.807, 2.05) is 42.5 Å². The van der Waals surface area contributed by atoms with E-state index in [0.717, 1.165) is 35.0 Å². The van der Waals surface area contributed by atoms with E-state index >= 15 is 0 Å². The van der Waals surface area contributed by atoms with Gasteiger partial charge in [-0.2, -0.15) is 23.4 Å². The van der Waals surface area contributed by atoms with E-state index < -0.39 is 36.5 Å². The number of halogens is 1. The number of anilines is 4. The summed E-state index contributed by atoms with van der Waals surface area (Å²) in [6.07, 6.45) is 0. The highest BCUT2D eigenvalue weighted by Crippen LogP contribution is 2.48. The Hall–Kier alpha value is -3.76. The Kier molecular flexibility index (Phi) is 6.48. The van der Waals surface area contributed by atoms with Gasteiger partial charge in [0.15, 0.2) is 0 Å². The van der Waals surface area contributed by atoms with Crippen molar-refractivity contribution < 1.29 is 31.7 Å². The molecule has 196 valence electrons. The lowest BCUT2D eigenvalue weighted by Crippen LogP contribution is -2.06. The van der Waals surface area contributed by atoms with E-state index in [1.165, 1.54) is 0 Å². The van der Waals surface area contributed by atoms with Crippen LogP contribution in [0.2, 0.25) is 5.28 Å². The predicted octanol–water partition coefficient (Wildman–Crippen LogP) is 5.85. The molecule has 0 unspecified atom stereocenters. The van der Waals surface area contributed by atoms with Gasteiger partial charge in [-0.25, -0.2) is 0 Å². The van der Waals surface area contributed by atoms with Crippen LogP contribution in [0.3, 0.4) is 0 Å². The van der Waals surface area contributed by atoms with Gasteiger partial charge in [0.05, 0.1) is 15.5 Å². The van der Waals surface area contributed by atoms with Gasteiger partial charge in [-0.05, 0) is 52.7 Å². The van der Waals surface area contributed by atoms with Crippen LogP contribution in [-0.4, -0.2) is 46.7 Å². The fourth-order valence-corrected chi connectivity index (χ4v) is 5.14. The second kappa shape index (κ2) is 9.52. The van der Waals surface area contributed by atoms with Gasteiger partial charge in [0.2, 0.25) is 17.2 Å². The number of phenolic OH excluding ortho intramolecular Hbond substituents is 1. The highest BCUT2D eigenvalue weighted by atomic mass is 35.5. The van der Waals surface area contributed by atoms with Crippen molar-refractivity contribution in [2.24, 2.45) is 0 Å². The molecule has 0 saturated heterocycles. The minimum atomic E-state index is -4.74. The van der Waals surface area contributed by atoms with Gasteiger partial charge in [-0.1, -0.05) is 36.4 Å². The fraction of sp³-hybridized carbons (Fsp3) is 0. The molecular formula is C23H18ClN5O7S2. The van der Waals surface area contributed by atoms with Gasteiger partial charge in [-0.3, -0.25) is 4.55 Å². The molecule has 1 aromatic heterocycles. The van der Waals surface area contributed by atoms with Crippen molar-refractivity contribution in [2.75, 3.05) is 10.6 Å². The van der Waals surface area contributed by atoms with Crippen LogP contribution in [0.1, 0.15) is 0 Å². The van der Waals surface area contributed by atoms with E-state index in [4.69, 9.17) is 11.6 Å². The van der Waals surface area contributed by atoms with E-state index in [9.17, 15) is 31.7 Å². The average molecular weight is 576 g/mol. The monoisotopic (exact) mass is 575 g/mol. The molecule has 0 aliphatic rings. The summed E-state index contributed by atoms with van der Waals surface area (Å²) in [5.41, 5.74) is 0.607. The summed E-state index contributed by atoms with van der Waals surface area (Å²) in [5.74, 6) is -0.624. The number of rotatable bonds is 6. The molecule has 7 N–H and O–H groups in total. The van der Waals surface area contributed by atoms with Crippen molar-refractivity contribution in [2.45, 2.75) is 9.79 Å². The lowest BCUT2D eigenvalue weighted by Gasteiger charge is -2.21. The molecule has 1 heterocycles. The zero-order valence-corrected chi connectivity index (χ0v) is 21.3. The van der Waals surface area contributed by atoms with Crippen LogP contribution in [-0.2, 0) is 10.1 Å². The van der Waals surface area contributed by atoms with Crippen LogP contribution < -0.4 is 10.6 Å². The number of fused-ring (bicyclic) bond motifs is 2. The summed E-state index contributed by atoms with van der Waals surface area (Å²) in [7, 11) is -8.99. The smallest absolute Gasteiger partial charge is 0.294 e. The minimum Gasteiger partial charge on any atom is -0.507 e. The largest absolute Gasteiger partial charge is 0.507 e. The first-order chi connectivity index (χ1) is 17.9. The van der Waals surface area contributed by atoms with Gasteiger partial charge in [-0.15, -0.1) is 0 Å². The summed E-state index contributed by atoms with van der Waals surface area (Å²) < 4.78 is 62.3. The van der Waals surface area contributed by atoms with Crippen LogP contribution in [0, 0.1) is 0 Å². The molecule has 0 fully saturated rings. The summed E-state index contributed by atoms with van der Waals surface area (Å²) in [6.45, 7) is 0. The maximum atomic E-state index is 11.9. The fourth-order valence-electron chi connectivity index (χ4n) is 3.88. The Morgan fingerprint density at radius 1 is 0.711 bits per heavy atom. The molecule has 15 heteroatoms. The maximum Gasteiger partial charge on any atom is 0.294 e. The second-order valence-electron chi connectivity index (χ2n) is 8.03. The van der Waals surface area contributed by atoms with Crippen molar-refractivity contribution in [3.8, 4) is 5.75 Å². The molecule has 5 aromatic rings. The number of hydrogen-bond donors (Lipinski definition) is 7. The maximum absolute atomic E-state index is 11.9. The molecule has 0 radical (unpaired) electrons.